The number of amides is 3. The zero-order chi connectivity index (χ0) is 24.7. The lowest BCUT2D eigenvalue weighted by Gasteiger charge is -2.25. The van der Waals surface area contributed by atoms with Gasteiger partial charge in [0.15, 0.2) is 0 Å². The van der Waals surface area contributed by atoms with Crippen LogP contribution in [0.15, 0.2) is 0 Å². The van der Waals surface area contributed by atoms with E-state index in [0.717, 1.165) is 0 Å². The Morgan fingerprint density at radius 1 is 0.969 bits per heavy atom. The summed E-state index contributed by atoms with van der Waals surface area (Å²) in [7, 11) is 0. The minimum absolute atomic E-state index is 0.0394. The molecule has 5 unspecified atom stereocenters. The molecule has 0 aliphatic heterocycles. The summed E-state index contributed by atoms with van der Waals surface area (Å²) in [5.41, 5.74) is 11.5. The van der Waals surface area contributed by atoms with E-state index in [1.807, 2.05) is 20.1 Å². The molecule has 0 aliphatic carbocycles. The third-order valence-electron chi connectivity index (χ3n) is 5.18. The summed E-state index contributed by atoms with van der Waals surface area (Å²) in [4.78, 5) is 49.3. The quantitative estimate of drug-likeness (QED) is 0.107. The third-order valence-corrected chi connectivity index (χ3v) is 6.19. The molecule has 0 rings (SSSR count). The first-order chi connectivity index (χ1) is 15.1. The second kappa shape index (κ2) is 17.0. The normalized spacial score (nSPS) is 15.7. The molecule has 0 aliphatic rings. The van der Waals surface area contributed by atoms with Crippen LogP contribution in [0.1, 0.15) is 46.0 Å². The Morgan fingerprint density at radius 2 is 1.53 bits per heavy atom. The first-order valence-electron chi connectivity index (χ1n) is 10.8. The Balaban J connectivity index is 5.23. The molecular formula is C20H39N5O5S2. The van der Waals surface area contributed by atoms with Crippen molar-refractivity contribution in [3.8, 4) is 0 Å². The van der Waals surface area contributed by atoms with Crippen molar-refractivity contribution in [3.63, 3.8) is 0 Å². The van der Waals surface area contributed by atoms with Gasteiger partial charge in [0.1, 0.15) is 18.1 Å². The highest BCUT2D eigenvalue weighted by molar-refractivity contribution is 7.98. The van der Waals surface area contributed by atoms with Crippen molar-refractivity contribution in [2.75, 3.05) is 24.3 Å². The highest BCUT2D eigenvalue weighted by Crippen LogP contribution is 2.08. The van der Waals surface area contributed by atoms with Gasteiger partial charge >= 0.3 is 5.97 Å². The van der Waals surface area contributed by atoms with E-state index in [4.69, 9.17) is 11.5 Å². The summed E-state index contributed by atoms with van der Waals surface area (Å²) >= 11 is 5.58. The number of carboxylic acid groups (broad SMARTS) is 1. The zero-order valence-corrected chi connectivity index (χ0v) is 20.8. The van der Waals surface area contributed by atoms with Gasteiger partial charge in [-0.05, 0) is 50.2 Å². The molecule has 0 saturated carbocycles. The van der Waals surface area contributed by atoms with Gasteiger partial charge in [0, 0.05) is 5.75 Å². The van der Waals surface area contributed by atoms with Gasteiger partial charge in [-0.1, -0.05) is 20.3 Å². The SMILES string of the molecule is CCC(C)C(N)C(=O)NC(CCCCN)C(=O)NC(CS)C(=O)NC(CCSC)C(=O)O. The lowest BCUT2D eigenvalue weighted by atomic mass is 9.98. The average Bonchev–Trinajstić information content (AvgIpc) is 2.77. The number of thiol groups is 1. The summed E-state index contributed by atoms with van der Waals surface area (Å²) in [6.07, 6.45) is 4.39. The molecule has 0 aromatic carbocycles. The monoisotopic (exact) mass is 493 g/mol. The lowest BCUT2D eigenvalue weighted by molar-refractivity contribution is -0.142. The van der Waals surface area contributed by atoms with Crippen LogP contribution in [0.4, 0.5) is 0 Å². The van der Waals surface area contributed by atoms with E-state index in [9.17, 15) is 24.3 Å². The Kier molecular flexibility index (Phi) is 16.2. The Hall–Kier alpha value is -1.50. The maximum absolute atomic E-state index is 12.9. The molecule has 0 bridgehead atoms. The second-order valence-electron chi connectivity index (χ2n) is 7.68. The van der Waals surface area contributed by atoms with Gasteiger partial charge in [-0.2, -0.15) is 24.4 Å². The molecule has 186 valence electrons. The summed E-state index contributed by atoms with van der Waals surface area (Å²) in [6.45, 7) is 4.22. The van der Waals surface area contributed by atoms with Crippen molar-refractivity contribution in [1.82, 2.24) is 16.0 Å². The van der Waals surface area contributed by atoms with Crippen LogP contribution >= 0.6 is 24.4 Å². The van der Waals surface area contributed by atoms with Crippen molar-refractivity contribution in [2.24, 2.45) is 17.4 Å². The fraction of sp³-hybridized carbons (Fsp3) is 0.800. The summed E-state index contributed by atoms with van der Waals surface area (Å²) in [5, 5.41) is 17.0. The molecular weight excluding hydrogens is 454 g/mol. The molecule has 0 radical (unpaired) electrons. The topological polar surface area (TPSA) is 177 Å². The van der Waals surface area contributed by atoms with Crippen molar-refractivity contribution in [2.45, 2.75) is 70.1 Å². The van der Waals surface area contributed by atoms with Gasteiger partial charge < -0.3 is 32.5 Å². The molecule has 8 N–H and O–H groups in total. The number of nitrogens with one attached hydrogen (secondary N) is 3. The molecule has 0 spiro atoms. The zero-order valence-electron chi connectivity index (χ0n) is 19.1. The number of unbranched alkanes of at least 4 members (excludes halogenated alkanes) is 1. The number of hydrogen-bond acceptors (Lipinski definition) is 8. The fourth-order valence-electron chi connectivity index (χ4n) is 2.77. The maximum Gasteiger partial charge on any atom is 0.326 e. The van der Waals surface area contributed by atoms with Crippen molar-refractivity contribution >= 4 is 48.1 Å². The third kappa shape index (κ3) is 11.4. The van der Waals surface area contributed by atoms with Crippen molar-refractivity contribution in [1.29, 1.82) is 0 Å². The fourth-order valence-corrected chi connectivity index (χ4v) is 3.50. The Labute approximate surface area is 200 Å². The van der Waals surface area contributed by atoms with Crippen LogP contribution in [0.2, 0.25) is 0 Å². The lowest BCUT2D eigenvalue weighted by Crippen LogP contribution is -2.58. The van der Waals surface area contributed by atoms with Gasteiger partial charge in [0.2, 0.25) is 17.7 Å². The number of thioether (sulfide) groups is 1. The van der Waals surface area contributed by atoms with Gasteiger partial charge in [0.05, 0.1) is 6.04 Å². The van der Waals surface area contributed by atoms with E-state index >= 15 is 0 Å². The van der Waals surface area contributed by atoms with Crippen LogP contribution in [0.25, 0.3) is 0 Å². The largest absolute Gasteiger partial charge is 0.480 e. The van der Waals surface area contributed by atoms with Gasteiger partial charge in [-0.3, -0.25) is 14.4 Å². The molecule has 0 aromatic rings. The van der Waals surface area contributed by atoms with E-state index in [2.05, 4.69) is 28.6 Å². The number of carboxylic acids is 1. The maximum atomic E-state index is 12.9. The van der Waals surface area contributed by atoms with E-state index in [1.165, 1.54) is 11.8 Å². The van der Waals surface area contributed by atoms with E-state index in [-0.39, 0.29) is 18.1 Å². The Morgan fingerprint density at radius 3 is 2.03 bits per heavy atom. The highest BCUT2D eigenvalue weighted by atomic mass is 32.2. The predicted molar refractivity (Wildman–Crippen MR) is 131 cm³/mol. The van der Waals surface area contributed by atoms with Gasteiger partial charge in [-0.15, -0.1) is 0 Å². The molecule has 0 heterocycles. The van der Waals surface area contributed by atoms with Gasteiger partial charge in [0.25, 0.3) is 0 Å². The van der Waals surface area contributed by atoms with Crippen molar-refractivity contribution in [3.05, 3.63) is 0 Å². The van der Waals surface area contributed by atoms with Gasteiger partial charge in [-0.25, -0.2) is 4.79 Å². The van der Waals surface area contributed by atoms with Crippen molar-refractivity contribution < 1.29 is 24.3 Å². The second-order valence-corrected chi connectivity index (χ2v) is 9.03. The molecule has 0 saturated heterocycles. The minimum Gasteiger partial charge on any atom is -0.480 e. The Bertz CT molecular complexity index is 611. The van der Waals surface area contributed by atoms with Crippen LogP contribution in [-0.4, -0.2) is 77.3 Å². The predicted octanol–water partition coefficient (Wildman–Crippen LogP) is -0.289. The molecule has 0 aromatic heterocycles. The standard InChI is InChI=1S/C20H39N5O5S2/c1-4-12(2)16(22)19(28)23-13(7-5-6-9-21)17(26)25-15(11-31)18(27)24-14(20(29)30)8-10-32-3/h12-16,31H,4-11,21-22H2,1-3H3,(H,23,28)(H,24,27)(H,25,26)(H,29,30). The number of carbonyl (C=O) groups excluding carboxylic acids is 3. The van der Waals surface area contributed by atoms with E-state index < -0.39 is 47.9 Å². The molecule has 5 atom stereocenters. The number of aliphatic carboxylic acids is 1. The minimum atomic E-state index is -1.15. The first-order valence-corrected chi connectivity index (χ1v) is 12.8. The number of hydrogen-bond donors (Lipinski definition) is 7. The van der Waals surface area contributed by atoms with Crippen LogP contribution in [0, 0.1) is 5.92 Å². The average molecular weight is 494 g/mol. The van der Waals surface area contributed by atoms with Crippen LogP contribution in [0.3, 0.4) is 0 Å². The summed E-state index contributed by atoms with van der Waals surface area (Å²) in [5.74, 6) is -2.34. The van der Waals surface area contributed by atoms with Crippen LogP contribution < -0.4 is 27.4 Å². The molecule has 12 heteroatoms. The van der Waals surface area contributed by atoms with Crippen LogP contribution in [-0.2, 0) is 19.2 Å². The van der Waals surface area contributed by atoms with Crippen LogP contribution in [0.5, 0.6) is 0 Å². The molecule has 0 fully saturated rings. The van der Waals surface area contributed by atoms with E-state index in [1.54, 1.807) is 0 Å². The molecule has 3 amide bonds. The number of carbonyl (C=O) groups is 4. The summed E-state index contributed by atoms with van der Waals surface area (Å²) < 4.78 is 0. The van der Waals surface area contributed by atoms with E-state index in [0.29, 0.717) is 38.0 Å². The first kappa shape index (κ1) is 30.5. The smallest absolute Gasteiger partial charge is 0.326 e. The molecule has 10 nitrogen and oxygen atoms in total. The number of rotatable bonds is 17. The molecule has 32 heavy (non-hydrogen) atoms. The summed E-state index contributed by atoms with van der Waals surface area (Å²) in [6, 6.07) is -3.78. The number of nitrogens with two attached hydrogens (primary N) is 2. The highest BCUT2D eigenvalue weighted by Gasteiger charge is 2.30.